The molecule has 0 spiro atoms. The lowest BCUT2D eigenvalue weighted by atomic mass is 10.2. The van der Waals surface area contributed by atoms with Gasteiger partial charge in [-0.1, -0.05) is 0 Å². The van der Waals surface area contributed by atoms with E-state index >= 15 is 0 Å². The van der Waals surface area contributed by atoms with Crippen molar-refractivity contribution in [2.45, 2.75) is 30.5 Å². The molecule has 1 N–H and O–H groups in total. The molecule has 1 rings (SSSR count). The van der Waals surface area contributed by atoms with Crippen LogP contribution in [0.3, 0.4) is 0 Å². The van der Waals surface area contributed by atoms with Gasteiger partial charge in [-0.2, -0.15) is 0 Å². The summed E-state index contributed by atoms with van der Waals surface area (Å²) in [6.07, 6.45) is 0. The second-order valence-corrected chi connectivity index (χ2v) is 5.69. The SMILES string of the molecule is CNC(C)(C)Sc1ccc(OC)c(C)c1. The van der Waals surface area contributed by atoms with Crippen molar-refractivity contribution in [2.24, 2.45) is 0 Å². The molecule has 0 atom stereocenters. The molecule has 15 heavy (non-hydrogen) atoms. The molecule has 1 aromatic carbocycles. The van der Waals surface area contributed by atoms with E-state index in [1.165, 1.54) is 10.5 Å². The topological polar surface area (TPSA) is 21.3 Å². The Hall–Kier alpha value is -0.670. The number of nitrogens with one attached hydrogen (secondary N) is 1. The first-order valence-corrected chi connectivity index (χ1v) is 5.83. The second-order valence-electron chi connectivity index (χ2n) is 3.99. The fourth-order valence-corrected chi connectivity index (χ4v) is 2.32. The van der Waals surface area contributed by atoms with Crippen LogP contribution in [0.25, 0.3) is 0 Å². The second kappa shape index (κ2) is 4.90. The Morgan fingerprint density at radius 2 is 2.00 bits per heavy atom. The van der Waals surface area contributed by atoms with Gasteiger partial charge in [-0.3, -0.25) is 0 Å². The molecule has 0 aromatic heterocycles. The van der Waals surface area contributed by atoms with E-state index in [4.69, 9.17) is 4.74 Å². The number of methoxy groups -OCH3 is 1. The molecule has 0 heterocycles. The molecular formula is C12H19NOS. The molecule has 0 aliphatic heterocycles. The Kier molecular flexibility index (Phi) is 4.05. The highest BCUT2D eigenvalue weighted by atomic mass is 32.2. The fraction of sp³-hybridized carbons (Fsp3) is 0.500. The summed E-state index contributed by atoms with van der Waals surface area (Å²) in [4.78, 5) is 1.31. The van der Waals surface area contributed by atoms with Gasteiger partial charge in [-0.15, -0.1) is 11.8 Å². The van der Waals surface area contributed by atoms with E-state index in [1.807, 2.05) is 24.9 Å². The predicted molar refractivity (Wildman–Crippen MR) is 66.7 cm³/mol. The Morgan fingerprint density at radius 1 is 1.33 bits per heavy atom. The Balaban J connectivity index is 2.84. The standard InChI is InChI=1S/C12H19NOS/c1-9-8-10(6-7-11(9)14-5)15-12(2,3)13-4/h6-8,13H,1-5H3. The van der Waals surface area contributed by atoms with Gasteiger partial charge in [0.15, 0.2) is 0 Å². The average Bonchev–Trinajstić information content (AvgIpc) is 2.17. The van der Waals surface area contributed by atoms with Gasteiger partial charge in [0.05, 0.1) is 12.0 Å². The van der Waals surface area contributed by atoms with Crippen LogP contribution in [0.2, 0.25) is 0 Å². The van der Waals surface area contributed by atoms with Crippen molar-refractivity contribution in [1.29, 1.82) is 0 Å². The minimum atomic E-state index is 0.0566. The third-order valence-electron chi connectivity index (χ3n) is 2.34. The summed E-state index contributed by atoms with van der Waals surface area (Å²) in [5.41, 5.74) is 1.18. The van der Waals surface area contributed by atoms with Gasteiger partial charge in [0, 0.05) is 4.90 Å². The summed E-state index contributed by atoms with van der Waals surface area (Å²) in [7, 11) is 3.68. The first-order valence-electron chi connectivity index (χ1n) is 5.01. The van der Waals surface area contributed by atoms with Crippen molar-refractivity contribution < 1.29 is 4.74 Å². The zero-order valence-electron chi connectivity index (χ0n) is 10.0. The average molecular weight is 225 g/mol. The highest BCUT2D eigenvalue weighted by Gasteiger charge is 2.16. The molecule has 0 radical (unpaired) electrons. The Morgan fingerprint density at radius 3 is 2.47 bits per heavy atom. The van der Waals surface area contributed by atoms with Gasteiger partial charge in [-0.25, -0.2) is 0 Å². The van der Waals surface area contributed by atoms with Crippen LogP contribution >= 0.6 is 11.8 Å². The highest BCUT2D eigenvalue weighted by Crippen LogP contribution is 2.32. The number of benzene rings is 1. The lowest BCUT2D eigenvalue weighted by Crippen LogP contribution is -2.31. The van der Waals surface area contributed by atoms with E-state index in [0.29, 0.717) is 0 Å². The molecule has 1 aromatic rings. The predicted octanol–water partition coefficient (Wildman–Crippen LogP) is 3.05. The summed E-state index contributed by atoms with van der Waals surface area (Å²) in [5, 5.41) is 3.27. The highest BCUT2D eigenvalue weighted by molar-refractivity contribution is 8.00. The maximum atomic E-state index is 5.23. The zero-order valence-corrected chi connectivity index (χ0v) is 10.9. The fourth-order valence-electron chi connectivity index (χ4n) is 1.26. The van der Waals surface area contributed by atoms with Crippen LogP contribution in [0.15, 0.2) is 23.1 Å². The van der Waals surface area contributed by atoms with Crippen molar-refractivity contribution in [3.8, 4) is 5.75 Å². The smallest absolute Gasteiger partial charge is 0.121 e. The van der Waals surface area contributed by atoms with E-state index in [-0.39, 0.29) is 4.87 Å². The summed E-state index contributed by atoms with van der Waals surface area (Å²) < 4.78 is 5.23. The lowest BCUT2D eigenvalue weighted by molar-refractivity contribution is 0.411. The molecule has 2 nitrogen and oxygen atoms in total. The number of hydrogen-bond acceptors (Lipinski definition) is 3. The van der Waals surface area contributed by atoms with Crippen LogP contribution in [0.1, 0.15) is 19.4 Å². The van der Waals surface area contributed by atoms with Crippen LogP contribution in [0.4, 0.5) is 0 Å². The Bertz CT molecular complexity index is 336. The van der Waals surface area contributed by atoms with Gasteiger partial charge < -0.3 is 10.1 Å². The molecule has 0 saturated heterocycles. The molecule has 0 saturated carbocycles. The molecule has 0 fully saturated rings. The van der Waals surface area contributed by atoms with E-state index in [0.717, 1.165) is 5.75 Å². The maximum Gasteiger partial charge on any atom is 0.121 e. The molecule has 3 heteroatoms. The molecule has 0 bridgehead atoms. The van der Waals surface area contributed by atoms with Crippen LogP contribution in [0.5, 0.6) is 5.75 Å². The van der Waals surface area contributed by atoms with Crippen molar-refractivity contribution in [3.05, 3.63) is 23.8 Å². The van der Waals surface area contributed by atoms with E-state index in [2.05, 4.69) is 38.2 Å². The van der Waals surface area contributed by atoms with Crippen molar-refractivity contribution in [2.75, 3.05) is 14.2 Å². The summed E-state index contributed by atoms with van der Waals surface area (Å²) in [5.74, 6) is 0.946. The molecule has 84 valence electrons. The van der Waals surface area contributed by atoms with Gasteiger partial charge in [0.2, 0.25) is 0 Å². The van der Waals surface area contributed by atoms with Gasteiger partial charge in [0.25, 0.3) is 0 Å². The summed E-state index contributed by atoms with van der Waals surface area (Å²) in [6.45, 7) is 6.39. The monoisotopic (exact) mass is 225 g/mol. The Labute approximate surface area is 96.4 Å². The number of hydrogen-bond donors (Lipinski definition) is 1. The van der Waals surface area contributed by atoms with E-state index < -0.39 is 0 Å². The number of ether oxygens (including phenoxy) is 1. The quantitative estimate of drug-likeness (QED) is 0.628. The van der Waals surface area contributed by atoms with E-state index in [1.54, 1.807) is 7.11 Å². The molecule has 0 aliphatic carbocycles. The summed E-state index contributed by atoms with van der Waals surface area (Å²) >= 11 is 1.81. The first kappa shape index (κ1) is 12.4. The van der Waals surface area contributed by atoms with Crippen LogP contribution in [-0.2, 0) is 0 Å². The van der Waals surface area contributed by atoms with Crippen molar-refractivity contribution in [3.63, 3.8) is 0 Å². The van der Waals surface area contributed by atoms with Crippen molar-refractivity contribution in [1.82, 2.24) is 5.32 Å². The van der Waals surface area contributed by atoms with Crippen LogP contribution < -0.4 is 10.1 Å². The van der Waals surface area contributed by atoms with E-state index in [9.17, 15) is 0 Å². The molecule has 0 aliphatic rings. The third kappa shape index (κ3) is 3.43. The van der Waals surface area contributed by atoms with Gasteiger partial charge in [-0.05, 0) is 51.6 Å². The maximum absolute atomic E-state index is 5.23. The van der Waals surface area contributed by atoms with Gasteiger partial charge >= 0.3 is 0 Å². The third-order valence-corrected chi connectivity index (χ3v) is 3.55. The van der Waals surface area contributed by atoms with Crippen molar-refractivity contribution >= 4 is 11.8 Å². The molecule has 0 amide bonds. The minimum Gasteiger partial charge on any atom is -0.496 e. The van der Waals surface area contributed by atoms with Crippen LogP contribution in [0, 0.1) is 6.92 Å². The zero-order chi connectivity index (χ0) is 11.5. The van der Waals surface area contributed by atoms with Crippen LogP contribution in [-0.4, -0.2) is 19.0 Å². The number of thioether (sulfide) groups is 1. The normalized spacial score (nSPS) is 11.5. The summed E-state index contributed by atoms with van der Waals surface area (Å²) in [6, 6.07) is 6.27. The number of rotatable bonds is 4. The minimum absolute atomic E-state index is 0.0566. The molecular weight excluding hydrogens is 206 g/mol. The largest absolute Gasteiger partial charge is 0.496 e. The molecule has 0 unspecified atom stereocenters. The first-order chi connectivity index (χ1) is 6.98. The number of aryl methyl sites for hydroxylation is 1. The van der Waals surface area contributed by atoms with Gasteiger partial charge in [0.1, 0.15) is 5.75 Å². The lowest BCUT2D eigenvalue weighted by Gasteiger charge is -2.23.